The molecule has 0 aliphatic carbocycles. The molecule has 0 saturated carbocycles. The molecule has 1 aliphatic rings. The Morgan fingerprint density at radius 2 is 2.28 bits per heavy atom. The van der Waals surface area contributed by atoms with Crippen molar-refractivity contribution in [3.8, 4) is 5.88 Å². The second kappa shape index (κ2) is 5.97. The van der Waals surface area contributed by atoms with Crippen molar-refractivity contribution in [3.63, 3.8) is 0 Å². The van der Waals surface area contributed by atoms with Crippen LogP contribution in [-0.2, 0) is 0 Å². The van der Waals surface area contributed by atoms with Crippen molar-refractivity contribution in [1.29, 1.82) is 0 Å². The molecule has 1 saturated heterocycles. The SMILES string of the molecule is CCOc1cncc(N2CCN(C)CC2CN)n1. The van der Waals surface area contributed by atoms with Gasteiger partial charge in [0.05, 0.1) is 25.0 Å². The van der Waals surface area contributed by atoms with Crippen molar-refractivity contribution in [2.45, 2.75) is 13.0 Å². The summed E-state index contributed by atoms with van der Waals surface area (Å²) in [6.45, 7) is 6.04. The van der Waals surface area contributed by atoms with E-state index in [-0.39, 0.29) is 6.04 Å². The molecular formula is C12H21N5O. The molecule has 2 rings (SSSR count). The van der Waals surface area contributed by atoms with E-state index in [1.165, 1.54) is 0 Å². The second-order valence-electron chi connectivity index (χ2n) is 4.49. The van der Waals surface area contributed by atoms with Crippen LogP contribution in [0.4, 0.5) is 5.82 Å². The highest BCUT2D eigenvalue weighted by Gasteiger charge is 2.25. The molecule has 6 nitrogen and oxygen atoms in total. The van der Waals surface area contributed by atoms with Gasteiger partial charge < -0.3 is 20.3 Å². The van der Waals surface area contributed by atoms with Crippen LogP contribution in [0.25, 0.3) is 0 Å². The summed E-state index contributed by atoms with van der Waals surface area (Å²) in [6, 6.07) is 0.287. The van der Waals surface area contributed by atoms with Crippen molar-refractivity contribution in [2.24, 2.45) is 5.73 Å². The van der Waals surface area contributed by atoms with Gasteiger partial charge in [-0.2, -0.15) is 4.98 Å². The first-order valence-corrected chi connectivity index (χ1v) is 6.34. The molecule has 0 spiro atoms. The lowest BCUT2D eigenvalue weighted by atomic mass is 10.2. The zero-order chi connectivity index (χ0) is 13.0. The fourth-order valence-corrected chi connectivity index (χ4v) is 2.21. The molecule has 1 aromatic heterocycles. The quantitative estimate of drug-likeness (QED) is 0.809. The number of ether oxygens (including phenoxy) is 1. The van der Waals surface area contributed by atoms with Gasteiger partial charge in [0, 0.05) is 26.2 Å². The van der Waals surface area contributed by atoms with Gasteiger partial charge in [-0.1, -0.05) is 0 Å². The number of piperazine rings is 1. The van der Waals surface area contributed by atoms with Crippen LogP contribution in [0.3, 0.4) is 0 Å². The molecule has 1 fully saturated rings. The molecule has 6 heteroatoms. The van der Waals surface area contributed by atoms with Crippen LogP contribution in [0.1, 0.15) is 6.92 Å². The lowest BCUT2D eigenvalue weighted by Crippen LogP contribution is -2.55. The molecule has 0 aromatic carbocycles. The van der Waals surface area contributed by atoms with Gasteiger partial charge in [0.1, 0.15) is 0 Å². The largest absolute Gasteiger partial charge is 0.477 e. The summed E-state index contributed by atoms with van der Waals surface area (Å²) in [7, 11) is 2.11. The number of aromatic nitrogens is 2. The average molecular weight is 251 g/mol. The molecule has 18 heavy (non-hydrogen) atoms. The van der Waals surface area contributed by atoms with E-state index >= 15 is 0 Å². The zero-order valence-electron chi connectivity index (χ0n) is 11.0. The number of nitrogens with zero attached hydrogens (tertiary/aromatic N) is 4. The summed E-state index contributed by atoms with van der Waals surface area (Å²) < 4.78 is 5.39. The molecule has 100 valence electrons. The molecule has 0 radical (unpaired) electrons. The first-order valence-electron chi connectivity index (χ1n) is 6.34. The normalized spacial score (nSPS) is 21.1. The van der Waals surface area contributed by atoms with Crippen LogP contribution >= 0.6 is 0 Å². The van der Waals surface area contributed by atoms with E-state index in [4.69, 9.17) is 10.5 Å². The maximum absolute atomic E-state index is 5.84. The Bertz CT molecular complexity index is 386. The minimum Gasteiger partial charge on any atom is -0.477 e. The number of rotatable bonds is 4. The van der Waals surface area contributed by atoms with Crippen LogP contribution in [0.5, 0.6) is 5.88 Å². The monoisotopic (exact) mass is 251 g/mol. The summed E-state index contributed by atoms with van der Waals surface area (Å²) in [5.74, 6) is 1.43. The molecule has 0 bridgehead atoms. The molecule has 1 aliphatic heterocycles. The predicted octanol–water partition coefficient (Wildman–Crippen LogP) is -0.0456. The molecule has 1 aromatic rings. The minimum atomic E-state index is 0.287. The minimum absolute atomic E-state index is 0.287. The molecule has 2 heterocycles. The fraction of sp³-hybridized carbons (Fsp3) is 0.667. The van der Waals surface area contributed by atoms with E-state index in [1.807, 2.05) is 6.92 Å². The van der Waals surface area contributed by atoms with E-state index in [0.29, 0.717) is 19.0 Å². The molecule has 1 unspecified atom stereocenters. The fourth-order valence-electron chi connectivity index (χ4n) is 2.21. The molecule has 0 amide bonds. The van der Waals surface area contributed by atoms with E-state index in [0.717, 1.165) is 25.5 Å². The summed E-state index contributed by atoms with van der Waals surface area (Å²) in [6.07, 6.45) is 3.41. The summed E-state index contributed by atoms with van der Waals surface area (Å²) >= 11 is 0. The predicted molar refractivity (Wildman–Crippen MR) is 70.9 cm³/mol. The van der Waals surface area contributed by atoms with Gasteiger partial charge >= 0.3 is 0 Å². The van der Waals surface area contributed by atoms with Gasteiger partial charge in [0.15, 0.2) is 5.82 Å². The van der Waals surface area contributed by atoms with Crippen LogP contribution < -0.4 is 15.4 Å². The summed E-state index contributed by atoms with van der Waals surface area (Å²) in [5.41, 5.74) is 5.84. The van der Waals surface area contributed by atoms with E-state index in [2.05, 4.69) is 26.8 Å². The van der Waals surface area contributed by atoms with E-state index < -0.39 is 0 Å². The van der Waals surface area contributed by atoms with Crippen molar-refractivity contribution < 1.29 is 4.74 Å². The summed E-state index contributed by atoms with van der Waals surface area (Å²) in [5, 5.41) is 0. The molecule has 1 atom stereocenters. The van der Waals surface area contributed by atoms with Gasteiger partial charge in [-0.05, 0) is 14.0 Å². The van der Waals surface area contributed by atoms with Crippen LogP contribution in [0, 0.1) is 0 Å². The first-order chi connectivity index (χ1) is 8.74. The van der Waals surface area contributed by atoms with Crippen LogP contribution in [0.15, 0.2) is 12.4 Å². The highest BCUT2D eigenvalue weighted by atomic mass is 16.5. The summed E-state index contributed by atoms with van der Waals surface area (Å²) in [4.78, 5) is 13.2. The second-order valence-corrected chi connectivity index (χ2v) is 4.49. The van der Waals surface area contributed by atoms with Gasteiger partial charge in [0.25, 0.3) is 0 Å². The van der Waals surface area contributed by atoms with Crippen molar-refractivity contribution in [3.05, 3.63) is 12.4 Å². The smallest absolute Gasteiger partial charge is 0.234 e. The topological polar surface area (TPSA) is 67.5 Å². The van der Waals surface area contributed by atoms with E-state index in [9.17, 15) is 0 Å². The number of hydrogen-bond donors (Lipinski definition) is 1. The number of nitrogens with two attached hydrogens (primary N) is 1. The Balaban J connectivity index is 2.16. The number of likely N-dealkylation sites (N-methyl/N-ethyl adjacent to an activating group) is 1. The Morgan fingerprint density at radius 3 is 3.00 bits per heavy atom. The van der Waals surface area contributed by atoms with Gasteiger partial charge in [-0.25, -0.2) is 0 Å². The Morgan fingerprint density at radius 1 is 1.44 bits per heavy atom. The Hall–Kier alpha value is -1.40. The average Bonchev–Trinajstić information content (AvgIpc) is 2.39. The number of anilines is 1. The van der Waals surface area contributed by atoms with Crippen LogP contribution in [-0.4, -0.2) is 60.7 Å². The van der Waals surface area contributed by atoms with Crippen molar-refractivity contribution >= 4 is 5.82 Å². The standard InChI is InChI=1S/C12H21N5O/c1-3-18-12-8-14-7-11(15-12)17-5-4-16(2)9-10(17)6-13/h7-8,10H,3-6,9,13H2,1-2H3. The van der Waals surface area contributed by atoms with Crippen molar-refractivity contribution in [2.75, 3.05) is 44.7 Å². The Labute approximate surface area is 108 Å². The molecular weight excluding hydrogens is 230 g/mol. The highest BCUT2D eigenvalue weighted by molar-refractivity contribution is 5.40. The Kier molecular flexibility index (Phi) is 4.33. The maximum atomic E-state index is 5.84. The van der Waals surface area contributed by atoms with Crippen LogP contribution in [0.2, 0.25) is 0 Å². The third-order valence-electron chi connectivity index (χ3n) is 3.14. The third kappa shape index (κ3) is 2.88. The highest BCUT2D eigenvalue weighted by Crippen LogP contribution is 2.19. The van der Waals surface area contributed by atoms with Gasteiger partial charge in [-0.15, -0.1) is 0 Å². The number of hydrogen-bond acceptors (Lipinski definition) is 6. The first kappa shape index (κ1) is 13.0. The maximum Gasteiger partial charge on any atom is 0.234 e. The van der Waals surface area contributed by atoms with Gasteiger partial charge in [0.2, 0.25) is 5.88 Å². The zero-order valence-corrected chi connectivity index (χ0v) is 11.0. The lowest BCUT2D eigenvalue weighted by molar-refractivity contribution is 0.267. The lowest BCUT2D eigenvalue weighted by Gasteiger charge is -2.40. The third-order valence-corrected chi connectivity index (χ3v) is 3.14. The van der Waals surface area contributed by atoms with E-state index in [1.54, 1.807) is 12.4 Å². The van der Waals surface area contributed by atoms with Crippen molar-refractivity contribution in [1.82, 2.24) is 14.9 Å². The molecule has 2 N–H and O–H groups in total. The van der Waals surface area contributed by atoms with Gasteiger partial charge in [-0.3, -0.25) is 4.98 Å².